The maximum atomic E-state index is 11.2. The van der Waals surface area contributed by atoms with Crippen LogP contribution in [0.5, 0.6) is 5.75 Å². The third kappa shape index (κ3) is 2.92. The van der Waals surface area contributed by atoms with Crippen LogP contribution in [0.1, 0.15) is 18.6 Å². The van der Waals surface area contributed by atoms with E-state index in [1.165, 1.54) is 0 Å². The van der Waals surface area contributed by atoms with Crippen LogP contribution in [0.25, 0.3) is 0 Å². The molecule has 2 aromatic rings. The topological polar surface area (TPSA) is 89.3 Å². The van der Waals surface area contributed by atoms with Crippen molar-refractivity contribution in [2.45, 2.75) is 19.9 Å². The molecule has 0 fully saturated rings. The number of hydrogen-bond donors (Lipinski definition) is 2. The summed E-state index contributed by atoms with van der Waals surface area (Å²) in [5.41, 5.74) is 1.23. The molecule has 0 spiro atoms. The fourth-order valence-electron chi connectivity index (χ4n) is 1.91. The zero-order chi connectivity index (χ0) is 14.8. The molecule has 2 heterocycles. The van der Waals surface area contributed by atoms with E-state index in [0.29, 0.717) is 40.4 Å². The molecule has 0 unspecified atom stereocenters. The number of nitrogens with one attached hydrogen (secondary N) is 2. The number of aromatic nitrogens is 2. The monoisotopic (exact) mass is 308 g/mol. The van der Waals surface area contributed by atoms with Crippen LogP contribution in [0.2, 0.25) is 5.02 Å². The molecule has 7 nitrogen and oxygen atoms in total. The Balaban J connectivity index is 1.75. The predicted octanol–water partition coefficient (Wildman–Crippen LogP) is 2.23. The van der Waals surface area contributed by atoms with Gasteiger partial charge >= 0.3 is 0 Å². The summed E-state index contributed by atoms with van der Waals surface area (Å²) in [5, 5.41) is 10.1. The first-order chi connectivity index (χ1) is 10.2. The van der Waals surface area contributed by atoms with Crippen LogP contribution in [0, 0.1) is 0 Å². The second kappa shape index (κ2) is 5.61. The summed E-state index contributed by atoms with van der Waals surface area (Å²) in [5.74, 6) is 1.52. The number of benzene rings is 1. The number of rotatable bonds is 4. The van der Waals surface area contributed by atoms with Crippen LogP contribution in [0.15, 0.2) is 16.7 Å². The van der Waals surface area contributed by atoms with Crippen LogP contribution in [0.3, 0.4) is 0 Å². The van der Waals surface area contributed by atoms with Gasteiger partial charge in [0, 0.05) is 12.5 Å². The zero-order valence-corrected chi connectivity index (χ0v) is 12.0. The number of amides is 1. The maximum Gasteiger partial charge on any atom is 0.262 e. The van der Waals surface area contributed by atoms with Crippen LogP contribution in [-0.4, -0.2) is 22.7 Å². The Bertz CT molecular complexity index is 686. The Labute approximate surface area is 125 Å². The van der Waals surface area contributed by atoms with E-state index in [-0.39, 0.29) is 12.5 Å². The number of hydrogen-bond acceptors (Lipinski definition) is 6. The lowest BCUT2D eigenvalue weighted by Gasteiger charge is -2.19. The molecular formula is C13H13ClN4O3. The molecule has 0 radical (unpaired) electrons. The average molecular weight is 309 g/mol. The van der Waals surface area contributed by atoms with Gasteiger partial charge < -0.3 is 19.9 Å². The van der Waals surface area contributed by atoms with Crippen LogP contribution in [0.4, 0.5) is 11.4 Å². The summed E-state index contributed by atoms with van der Waals surface area (Å²) in [6.07, 6.45) is 0.719. The minimum absolute atomic E-state index is 0.00239. The van der Waals surface area contributed by atoms with Crippen molar-refractivity contribution < 1.29 is 14.1 Å². The highest BCUT2D eigenvalue weighted by Gasteiger charge is 2.18. The number of ether oxygens (including phenoxy) is 1. The van der Waals surface area contributed by atoms with Crippen molar-refractivity contribution in [1.29, 1.82) is 0 Å². The lowest BCUT2D eigenvalue weighted by Crippen LogP contribution is -2.25. The normalized spacial score (nSPS) is 13.3. The van der Waals surface area contributed by atoms with E-state index in [1.807, 2.05) is 6.92 Å². The molecule has 0 saturated carbocycles. The summed E-state index contributed by atoms with van der Waals surface area (Å²) < 4.78 is 10.4. The molecule has 8 heteroatoms. The van der Waals surface area contributed by atoms with Gasteiger partial charge in [0.25, 0.3) is 5.91 Å². The van der Waals surface area contributed by atoms with E-state index in [1.54, 1.807) is 12.1 Å². The number of carbonyl (C=O) groups is 1. The first-order valence-corrected chi connectivity index (χ1v) is 6.85. The molecule has 3 rings (SSSR count). The Hall–Kier alpha value is -2.28. The highest BCUT2D eigenvalue weighted by molar-refractivity contribution is 6.33. The van der Waals surface area contributed by atoms with Crippen LogP contribution >= 0.6 is 11.6 Å². The smallest absolute Gasteiger partial charge is 0.262 e. The molecule has 1 aliphatic heterocycles. The number of fused-ring (bicyclic) bond motifs is 1. The summed E-state index contributed by atoms with van der Waals surface area (Å²) in [7, 11) is 0. The molecule has 0 saturated heterocycles. The van der Waals surface area contributed by atoms with Crippen molar-refractivity contribution in [3.05, 3.63) is 28.9 Å². The third-order valence-corrected chi connectivity index (χ3v) is 3.27. The van der Waals surface area contributed by atoms with Gasteiger partial charge in [-0.05, 0) is 6.07 Å². The summed E-state index contributed by atoms with van der Waals surface area (Å²) in [6, 6.07) is 3.37. The van der Waals surface area contributed by atoms with Crippen molar-refractivity contribution >= 4 is 28.9 Å². The highest BCUT2D eigenvalue weighted by atomic mass is 35.5. The van der Waals surface area contributed by atoms with Gasteiger partial charge in [-0.3, -0.25) is 4.79 Å². The summed E-state index contributed by atoms with van der Waals surface area (Å²) >= 11 is 6.17. The molecule has 1 aliphatic rings. The molecule has 1 aromatic heterocycles. The molecule has 1 aromatic carbocycles. The molecule has 110 valence electrons. The minimum Gasteiger partial charge on any atom is -0.482 e. The SMILES string of the molecule is CCc1noc(CNc2cc3c(cc2Cl)NC(=O)CO3)n1. The Morgan fingerprint density at radius 2 is 2.33 bits per heavy atom. The fraction of sp³-hybridized carbons (Fsp3) is 0.308. The van der Waals surface area contributed by atoms with Crippen molar-refractivity contribution in [3.8, 4) is 5.75 Å². The van der Waals surface area contributed by atoms with Crippen molar-refractivity contribution in [2.75, 3.05) is 17.2 Å². The van der Waals surface area contributed by atoms with Gasteiger partial charge in [-0.15, -0.1) is 0 Å². The Kier molecular flexibility index (Phi) is 3.66. The summed E-state index contributed by atoms with van der Waals surface area (Å²) in [4.78, 5) is 15.4. The lowest BCUT2D eigenvalue weighted by molar-refractivity contribution is -0.118. The van der Waals surface area contributed by atoms with Gasteiger partial charge in [0.15, 0.2) is 12.4 Å². The third-order valence-electron chi connectivity index (χ3n) is 2.96. The standard InChI is InChI=1S/C13H13ClN4O3/c1-2-11-17-13(21-18-11)5-15-8-4-10-9(3-7(8)14)16-12(19)6-20-10/h3-4,15H,2,5-6H2,1H3,(H,16,19). The summed E-state index contributed by atoms with van der Waals surface area (Å²) in [6.45, 7) is 2.31. The Morgan fingerprint density at radius 3 is 3.10 bits per heavy atom. The fourth-order valence-corrected chi connectivity index (χ4v) is 2.14. The first kappa shape index (κ1) is 13.7. The van der Waals surface area contributed by atoms with E-state index in [0.717, 1.165) is 6.42 Å². The van der Waals surface area contributed by atoms with Gasteiger partial charge in [0.2, 0.25) is 5.89 Å². The molecule has 21 heavy (non-hydrogen) atoms. The average Bonchev–Trinajstić information content (AvgIpc) is 2.93. The minimum atomic E-state index is -0.197. The zero-order valence-electron chi connectivity index (χ0n) is 11.3. The quantitative estimate of drug-likeness (QED) is 0.900. The highest BCUT2D eigenvalue weighted by Crippen LogP contribution is 2.36. The van der Waals surface area contributed by atoms with Crippen molar-refractivity contribution in [1.82, 2.24) is 10.1 Å². The maximum absolute atomic E-state index is 11.2. The van der Waals surface area contributed by atoms with E-state index in [9.17, 15) is 4.79 Å². The second-order valence-electron chi connectivity index (χ2n) is 4.48. The Morgan fingerprint density at radius 1 is 1.48 bits per heavy atom. The molecule has 2 N–H and O–H groups in total. The van der Waals surface area contributed by atoms with Crippen LogP contribution in [-0.2, 0) is 17.8 Å². The number of carbonyl (C=O) groups excluding carboxylic acids is 1. The van der Waals surface area contributed by atoms with Gasteiger partial charge in [0.1, 0.15) is 5.75 Å². The number of nitrogens with zero attached hydrogens (tertiary/aromatic N) is 2. The molecule has 0 bridgehead atoms. The molecular weight excluding hydrogens is 296 g/mol. The van der Waals surface area contributed by atoms with E-state index in [2.05, 4.69) is 20.8 Å². The van der Waals surface area contributed by atoms with E-state index < -0.39 is 0 Å². The number of halogens is 1. The van der Waals surface area contributed by atoms with Gasteiger partial charge in [-0.25, -0.2) is 0 Å². The molecule has 0 atom stereocenters. The van der Waals surface area contributed by atoms with Gasteiger partial charge in [-0.2, -0.15) is 4.98 Å². The van der Waals surface area contributed by atoms with E-state index in [4.69, 9.17) is 20.9 Å². The largest absolute Gasteiger partial charge is 0.482 e. The second-order valence-corrected chi connectivity index (χ2v) is 4.88. The molecule has 0 aliphatic carbocycles. The van der Waals surface area contributed by atoms with E-state index >= 15 is 0 Å². The number of anilines is 2. The predicted molar refractivity (Wildman–Crippen MR) is 76.6 cm³/mol. The van der Waals surface area contributed by atoms with Crippen molar-refractivity contribution in [3.63, 3.8) is 0 Å². The van der Waals surface area contributed by atoms with Crippen LogP contribution < -0.4 is 15.4 Å². The van der Waals surface area contributed by atoms with Gasteiger partial charge in [-0.1, -0.05) is 23.7 Å². The lowest BCUT2D eigenvalue weighted by atomic mass is 10.2. The number of aryl methyl sites for hydroxylation is 1. The van der Waals surface area contributed by atoms with Crippen molar-refractivity contribution in [2.24, 2.45) is 0 Å². The van der Waals surface area contributed by atoms with Gasteiger partial charge in [0.05, 0.1) is 22.9 Å². The molecule has 1 amide bonds. The first-order valence-electron chi connectivity index (χ1n) is 6.47.